The van der Waals surface area contributed by atoms with Crippen molar-refractivity contribution >= 4 is 58.3 Å². The topological polar surface area (TPSA) is 45.5 Å². The first-order chi connectivity index (χ1) is 17.7. The van der Waals surface area contributed by atoms with Gasteiger partial charge in [-0.3, -0.25) is 0 Å². The van der Waals surface area contributed by atoms with Crippen molar-refractivity contribution in [3.63, 3.8) is 0 Å². The number of fused-ring (bicyclic) bond motifs is 2. The quantitative estimate of drug-likeness (QED) is 0.275. The van der Waals surface area contributed by atoms with Crippen LogP contribution in [0.1, 0.15) is 25.1 Å². The predicted molar refractivity (Wildman–Crippen MR) is 160 cm³/mol. The van der Waals surface area contributed by atoms with Crippen LogP contribution in [-0.2, 0) is 17.2 Å². The molecule has 6 rings (SSSR count). The number of allylic oxidation sites excluding steroid dienone is 2. The summed E-state index contributed by atoms with van der Waals surface area (Å²) < 4.78 is 1.90. The summed E-state index contributed by atoms with van der Waals surface area (Å²) in [5, 5.41) is 11.3. The van der Waals surface area contributed by atoms with Crippen LogP contribution in [0.5, 0.6) is 0 Å². The minimum atomic E-state index is -2.69. The third-order valence-corrected chi connectivity index (χ3v) is 11.7. The molecule has 0 saturated heterocycles. The van der Waals surface area contributed by atoms with Crippen molar-refractivity contribution in [2.24, 2.45) is 4.99 Å². The van der Waals surface area contributed by atoms with E-state index < -0.39 is 6.19 Å². The first-order valence-corrected chi connectivity index (χ1v) is 15.3. The maximum Gasteiger partial charge on any atom is 0.166 e. The van der Waals surface area contributed by atoms with Gasteiger partial charge in [-0.25, -0.2) is 9.67 Å². The molecule has 1 atom stereocenters. The second-order valence-electron chi connectivity index (χ2n) is 9.90. The smallest absolute Gasteiger partial charge is 0.166 e. The molecular formula is C29H27ClN5PS. The lowest BCUT2D eigenvalue weighted by atomic mass is 9.84. The molecule has 2 aliphatic heterocycles. The van der Waals surface area contributed by atoms with Crippen molar-refractivity contribution in [3.8, 4) is 5.69 Å². The van der Waals surface area contributed by atoms with Gasteiger partial charge in [-0.2, -0.15) is 5.10 Å². The molecule has 0 spiro atoms. The van der Waals surface area contributed by atoms with Gasteiger partial charge >= 0.3 is 0 Å². The fraction of sp³-hybridized carbons (Fsp3) is 0.172. The highest BCUT2D eigenvalue weighted by Crippen LogP contribution is 2.62. The predicted octanol–water partition coefficient (Wildman–Crippen LogP) is 7.32. The van der Waals surface area contributed by atoms with Crippen molar-refractivity contribution in [3.05, 3.63) is 106 Å². The van der Waals surface area contributed by atoms with Crippen LogP contribution < -0.4 is 15.3 Å². The number of anilines is 2. The Morgan fingerprint density at radius 3 is 2.35 bits per heavy atom. The van der Waals surface area contributed by atoms with E-state index in [1.165, 1.54) is 11.3 Å². The molecule has 0 fully saturated rings. The molecule has 1 unspecified atom stereocenters. The van der Waals surface area contributed by atoms with Gasteiger partial charge in [0.15, 0.2) is 5.82 Å². The van der Waals surface area contributed by atoms with Crippen LogP contribution in [0.25, 0.3) is 5.69 Å². The maximum absolute atomic E-state index is 6.74. The van der Waals surface area contributed by atoms with E-state index in [2.05, 4.69) is 55.1 Å². The lowest BCUT2D eigenvalue weighted by Crippen LogP contribution is -2.29. The zero-order valence-corrected chi connectivity index (χ0v) is 23.6. The molecule has 37 heavy (non-hydrogen) atoms. The Morgan fingerprint density at radius 2 is 1.62 bits per heavy atom. The minimum Gasteiger partial charge on any atom is -0.349 e. The van der Waals surface area contributed by atoms with Gasteiger partial charge in [0.25, 0.3) is 0 Å². The Bertz CT molecular complexity index is 1650. The lowest BCUT2D eigenvalue weighted by Gasteiger charge is -2.35. The Hall–Kier alpha value is -3.18. The van der Waals surface area contributed by atoms with Crippen molar-refractivity contribution in [1.29, 1.82) is 0 Å². The van der Waals surface area contributed by atoms with Crippen LogP contribution in [-0.4, -0.2) is 23.0 Å². The van der Waals surface area contributed by atoms with Crippen molar-refractivity contribution in [2.45, 2.75) is 26.2 Å². The van der Waals surface area contributed by atoms with Crippen LogP contribution in [0.15, 0.2) is 94.9 Å². The number of aryl methyl sites for hydroxylation is 1. The first-order valence-electron chi connectivity index (χ1n) is 12.1. The molecule has 1 aromatic heterocycles. The van der Waals surface area contributed by atoms with E-state index in [0.29, 0.717) is 5.02 Å². The average Bonchev–Trinajstić information content (AvgIpc) is 3.34. The second kappa shape index (κ2) is 8.70. The molecule has 0 saturated carbocycles. The molecule has 3 heterocycles. The SMILES string of the molecule is Cc1nn(-c2ccccc2)c2c1P(=S)(Nc1ccccc1Cl)/C(=C1\N(C)c3ccccc3C1(C)C)C=N2. The number of hydrogen-bond acceptors (Lipinski definition) is 4. The molecule has 1 N–H and O–H groups in total. The summed E-state index contributed by atoms with van der Waals surface area (Å²) in [4.78, 5) is 7.29. The molecule has 0 radical (unpaired) electrons. The van der Waals surface area contributed by atoms with E-state index >= 15 is 0 Å². The van der Waals surface area contributed by atoms with Gasteiger partial charge in [-0.1, -0.05) is 85.8 Å². The van der Waals surface area contributed by atoms with E-state index in [9.17, 15) is 0 Å². The number of hydrogen-bond donors (Lipinski definition) is 1. The standard InChI is InChI=1S/C29H27ClN5PS/c1-19-26-28(35(32-19)20-12-6-5-7-13-20)31-18-25(36(26,37)33-23-16-10-9-15-22(23)30)27-29(2,3)21-14-8-11-17-24(21)34(27)4/h5-18H,1-4H3,(H,33,37)/b27-25-. The van der Waals surface area contributed by atoms with Gasteiger partial charge in [-0.05, 0) is 42.8 Å². The van der Waals surface area contributed by atoms with Crippen molar-refractivity contribution in [1.82, 2.24) is 9.78 Å². The fourth-order valence-electron chi connectivity index (χ4n) is 5.57. The van der Waals surface area contributed by atoms with Crippen LogP contribution in [0.4, 0.5) is 17.2 Å². The summed E-state index contributed by atoms with van der Waals surface area (Å²) in [5.41, 5.74) is 5.98. The zero-order valence-electron chi connectivity index (χ0n) is 21.1. The number of aliphatic imine (C=N–C) groups is 1. The summed E-state index contributed by atoms with van der Waals surface area (Å²) in [7, 11) is 2.12. The second-order valence-corrected chi connectivity index (χ2v) is 14.3. The largest absolute Gasteiger partial charge is 0.349 e. The monoisotopic (exact) mass is 543 g/mol. The molecule has 186 valence electrons. The number of nitrogens with zero attached hydrogens (tertiary/aromatic N) is 4. The van der Waals surface area contributed by atoms with Gasteiger partial charge < -0.3 is 9.99 Å². The van der Waals surface area contributed by atoms with E-state index in [0.717, 1.165) is 39.2 Å². The van der Waals surface area contributed by atoms with Gasteiger partial charge in [-0.15, -0.1) is 0 Å². The zero-order chi connectivity index (χ0) is 25.9. The summed E-state index contributed by atoms with van der Waals surface area (Å²) in [5.74, 6) is 0.770. The number of aromatic nitrogens is 2. The van der Waals surface area contributed by atoms with Crippen LogP contribution in [0.2, 0.25) is 5.02 Å². The van der Waals surface area contributed by atoms with Crippen LogP contribution >= 0.6 is 17.8 Å². The van der Waals surface area contributed by atoms with Crippen LogP contribution in [0.3, 0.4) is 0 Å². The Kier molecular flexibility index (Phi) is 5.68. The number of rotatable bonds is 3. The van der Waals surface area contributed by atoms with Gasteiger partial charge in [0.2, 0.25) is 0 Å². The van der Waals surface area contributed by atoms with Crippen LogP contribution in [0, 0.1) is 6.92 Å². The number of likely N-dealkylation sites (N-methyl/N-ethyl adjacent to an activating group) is 1. The van der Waals surface area contributed by atoms with Crippen molar-refractivity contribution < 1.29 is 0 Å². The molecule has 5 nitrogen and oxygen atoms in total. The first kappa shape index (κ1) is 24.2. The number of para-hydroxylation sites is 3. The Balaban J connectivity index is 1.65. The van der Waals surface area contributed by atoms with Crippen molar-refractivity contribution in [2.75, 3.05) is 17.0 Å². The van der Waals surface area contributed by atoms with E-state index in [1.54, 1.807) is 0 Å². The molecule has 3 aromatic carbocycles. The maximum atomic E-state index is 6.74. The van der Waals surface area contributed by atoms with E-state index in [-0.39, 0.29) is 5.41 Å². The minimum absolute atomic E-state index is 0.264. The highest BCUT2D eigenvalue weighted by Gasteiger charge is 2.45. The molecule has 0 bridgehead atoms. The molecule has 4 aromatic rings. The summed E-state index contributed by atoms with van der Waals surface area (Å²) in [6.07, 6.45) is -0.725. The summed E-state index contributed by atoms with van der Waals surface area (Å²) in [6.45, 7) is 6.54. The van der Waals surface area contributed by atoms with E-state index in [1.807, 2.05) is 72.4 Å². The molecule has 0 amide bonds. The lowest BCUT2D eigenvalue weighted by molar-refractivity contribution is 0.639. The Morgan fingerprint density at radius 1 is 0.946 bits per heavy atom. The summed E-state index contributed by atoms with van der Waals surface area (Å²) in [6, 6.07) is 26.4. The van der Waals surface area contributed by atoms with Gasteiger partial charge in [0.1, 0.15) is 0 Å². The molecular weight excluding hydrogens is 517 g/mol. The average molecular weight is 544 g/mol. The molecule has 8 heteroatoms. The Labute approximate surface area is 227 Å². The normalized spacial score (nSPS) is 21.6. The fourth-order valence-corrected chi connectivity index (χ4v) is 10.0. The third-order valence-electron chi connectivity index (χ3n) is 7.23. The summed E-state index contributed by atoms with van der Waals surface area (Å²) >= 11 is 13.4. The third kappa shape index (κ3) is 3.62. The highest BCUT2D eigenvalue weighted by molar-refractivity contribution is 8.21. The highest BCUT2D eigenvalue weighted by atomic mass is 35.5. The molecule has 2 aliphatic rings. The molecule has 0 aliphatic carbocycles. The number of halogens is 1. The van der Waals surface area contributed by atoms with Gasteiger partial charge in [0.05, 0.1) is 33.6 Å². The number of nitrogens with one attached hydrogen (secondary N) is 1. The van der Waals surface area contributed by atoms with E-state index in [4.69, 9.17) is 33.5 Å². The number of benzene rings is 3. The van der Waals surface area contributed by atoms with Gasteiger partial charge in [0, 0.05) is 35.4 Å².